The van der Waals surface area contributed by atoms with Crippen LogP contribution < -0.4 is 4.90 Å². The lowest BCUT2D eigenvalue weighted by molar-refractivity contribution is -0.132. The molecule has 9 heteroatoms. The zero-order valence-corrected chi connectivity index (χ0v) is 14.5. The first-order valence-corrected chi connectivity index (χ1v) is 8.52. The number of nitrogens with one attached hydrogen (secondary N) is 1. The van der Waals surface area contributed by atoms with Gasteiger partial charge >= 0.3 is 0 Å². The van der Waals surface area contributed by atoms with Crippen LogP contribution in [0.5, 0.6) is 0 Å². The number of aryl methyl sites for hydroxylation is 1. The maximum absolute atomic E-state index is 12.6. The van der Waals surface area contributed by atoms with E-state index in [-0.39, 0.29) is 12.5 Å². The number of carbonyl (C=O) groups is 1. The molecular weight excluding hydrogens is 326 g/mol. The van der Waals surface area contributed by atoms with Crippen molar-refractivity contribution in [3.05, 3.63) is 29.2 Å². The van der Waals surface area contributed by atoms with E-state index >= 15 is 0 Å². The van der Waals surface area contributed by atoms with Gasteiger partial charge in [0.05, 0.1) is 6.20 Å². The highest BCUT2D eigenvalue weighted by Crippen LogP contribution is 2.12. The quantitative estimate of drug-likeness (QED) is 0.814. The highest BCUT2D eigenvalue weighted by atomic mass is 32.1. The van der Waals surface area contributed by atoms with E-state index in [0.29, 0.717) is 17.9 Å². The first kappa shape index (κ1) is 16.6. The number of piperazine rings is 1. The monoisotopic (exact) mass is 347 g/mol. The van der Waals surface area contributed by atoms with Crippen molar-refractivity contribution in [3.63, 3.8) is 0 Å². The minimum atomic E-state index is 0.0728. The summed E-state index contributed by atoms with van der Waals surface area (Å²) < 4.78 is 2.31. The second-order valence-electron chi connectivity index (χ2n) is 5.71. The average Bonchev–Trinajstić information content (AvgIpc) is 2.96. The largest absolute Gasteiger partial charge is 0.352 e. The van der Waals surface area contributed by atoms with Gasteiger partial charge in [-0.15, -0.1) is 0 Å². The molecule has 3 heterocycles. The number of rotatable bonds is 5. The number of H-pyrrole nitrogens is 1. The van der Waals surface area contributed by atoms with Crippen molar-refractivity contribution in [2.24, 2.45) is 0 Å². The molecule has 128 valence electrons. The summed E-state index contributed by atoms with van der Waals surface area (Å²) in [6.45, 7) is 5.17. The molecule has 1 N–H and O–H groups in total. The van der Waals surface area contributed by atoms with Crippen LogP contribution in [0.1, 0.15) is 19.2 Å². The fraction of sp³-hybridized carbons (Fsp3) is 0.533. The Morgan fingerprint density at radius 3 is 2.75 bits per heavy atom. The smallest absolute Gasteiger partial charge is 0.242 e. The van der Waals surface area contributed by atoms with Gasteiger partial charge in [-0.1, -0.05) is 6.92 Å². The van der Waals surface area contributed by atoms with Crippen molar-refractivity contribution in [3.8, 4) is 0 Å². The number of amides is 1. The van der Waals surface area contributed by atoms with Gasteiger partial charge in [0.15, 0.2) is 4.77 Å². The summed E-state index contributed by atoms with van der Waals surface area (Å²) in [6, 6.07) is 0. The Balaban J connectivity index is 1.60. The molecule has 0 spiro atoms. The molecular formula is C15H21N7OS. The Morgan fingerprint density at radius 1 is 1.29 bits per heavy atom. The van der Waals surface area contributed by atoms with Crippen LogP contribution in [-0.4, -0.2) is 61.7 Å². The van der Waals surface area contributed by atoms with E-state index in [1.54, 1.807) is 23.2 Å². The summed E-state index contributed by atoms with van der Waals surface area (Å²) in [5.41, 5.74) is 0. The van der Waals surface area contributed by atoms with Gasteiger partial charge in [-0.05, 0) is 18.6 Å². The van der Waals surface area contributed by atoms with E-state index in [9.17, 15) is 4.79 Å². The van der Waals surface area contributed by atoms with Crippen molar-refractivity contribution in [1.82, 2.24) is 29.6 Å². The number of anilines is 1. The third kappa shape index (κ3) is 3.61. The molecule has 0 radical (unpaired) electrons. The first-order valence-electron chi connectivity index (χ1n) is 8.12. The van der Waals surface area contributed by atoms with E-state index < -0.39 is 0 Å². The maximum Gasteiger partial charge on any atom is 0.242 e. The summed E-state index contributed by atoms with van der Waals surface area (Å²) in [7, 11) is 0. The fourth-order valence-corrected chi connectivity index (χ4v) is 3.02. The molecule has 0 bridgehead atoms. The molecule has 1 fully saturated rings. The highest BCUT2D eigenvalue weighted by Gasteiger charge is 2.23. The summed E-state index contributed by atoms with van der Waals surface area (Å²) >= 11 is 5.24. The van der Waals surface area contributed by atoms with Crippen LogP contribution in [-0.2, 0) is 17.8 Å². The van der Waals surface area contributed by atoms with Crippen LogP contribution in [0.3, 0.4) is 0 Å². The fourth-order valence-electron chi connectivity index (χ4n) is 2.80. The Bertz CT molecular complexity index is 734. The molecule has 0 aliphatic carbocycles. The number of hydrogen-bond acceptors (Lipinski definition) is 6. The van der Waals surface area contributed by atoms with Crippen LogP contribution in [0.2, 0.25) is 0 Å². The number of aromatic nitrogens is 5. The second-order valence-corrected chi connectivity index (χ2v) is 6.10. The van der Waals surface area contributed by atoms with E-state index in [1.807, 2.05) is 4.90 Å². The summed E-state index contributed by atoms with van der Waals surface area (Å²) in [5, 5.41) is 6.99. The Hall–Kier alpha value is -2.29. The Kier molecular flexibility index (Phi) is 5.19. The van der Waals surface area contributed by atoms with Crippen molar-refractivity contribution in [2.45, 2.75) is 26.3 Å². The SMILES string of the molecule is CCCc1n[nH]c(=S)n1CC(=O)N1CCN(c2cnccn2)CC1. The predicted molar refractivity (Wildman–Crippen MR) is 92.2 cm³/mol. The summed E-state index contributed by atoms with van der Waals surface area (Å²) in [6.07, 6.45) is 6.86. The van der Waals surface area contributed by atoms with Gasteiger partial charge in [0.25, 0.3) is 0 Å². The topological polar surface area (TPSA) is 82.9 Å². The Labute approximate surface area is 145 Å². The molecule has 24 heavy (non-hydrogen) atoms. The van der Waals surface area contributed by atoms with E-state index in [2.05, 4.69) is 32.0 Å². The van der Waals surface area contributed by atoms with Gasteiger partial charge in [0.1, 0.15) is 18.2 Å². The van der Waals surface area contributed by atoms with E-state index in [0.717, 1.165) is 37.6 Å². The number of hydrogen-bond donors (Lipinski definition) is 1. The van der Waals surface area contributed by atoms with Gasteiger partial charge in [0, 0.05) is 45.0 Å². The molecule has 2 aromatic heterocycles. The number of aromatic amines is 1. The summed E-state index contributed by atoms with van der Waals surface area (Å²) in [4.78, 5) is 25.0. The van der Waals surface area contributed by atoms with Crippen LogP contribution in [0.15, 0.2) is 18.6 Å². The van der Waals surface area contributed by atoms with E-state index in [1.165, 1.54) is 0 Å². The molecule has 1 aliphatic heterocycles. The van der Waals surface area contributed by atoms with Crippen molar-refractivity contribution < 1.29 is 4.79 Å². The number of carbonyl (C=O) groups excluding carboxylic acids is 1. The first-order chi connectivity index (χ1) is 11.7. The van der Waals surface area contributed by atoms with Crippen LogP contribution in [0.4, 0.5) is 5.82 Å². The molecule has 1 amide bonds. The minimum absolute atomic E-state index is 0.0728. The van der Waals surface area contributed by atoms with Gasteiger partial charge in [-0.3, -0.25) is 19.4 Å². The zero-order valence-electron chi connectivity index (χ0n) is 13.7. The van der Waals surface area contributed by atoms with Gasteiger partial charge in [-0.25, -0.2) is 4.98 Å². The molecule has 0 atom stereocenters. The van der Waals surface area contributed by atoms with Crippen molar-refractivity contribution >= 4 is 23.9 Å². The number of nitrogens with zero attached hydrogens (tertiary/aromatic N) is 6. The Morgan fingerprint density at radius 2 is 2.08 bits per heavy atom. The molecule has 0 unspecified atom stereocenters. The second kappa shape index (κ2) is 7.52. The van der Waals surface area contributed by atoms with Crippen LogP contribution in [0.25, 0.3) is 0 Å². The van der Waals surface area contributed by atoms with Crippen molar-refractivity contribution in [1.29, 1.82) is 0 Å². The molecule has 3 rings (SSSR count). The lowest BCUT2D eigenvalue weighted by Gasteiger charge is -2.35. The van der Waals surface area contributed by atoms with Gasteiger partial charge in [-0.2, -0.15) is 5.10 Å². The molecule has 0 saturated carbocycles. The molecule has 2 aromatic rings. The third-order valence-corrected chi connectivity index (χ3v) is 4.42. The van der Waals surface area contributed by atoms with Gasteiger partial charge in [0.2, 0.25) is 5.91 Å². The lowest BCUT2D eigenvalue weighted by atomic mass is 10.3. The predicted octanol–water partition coefficient (Wildman–Crippen LogP) is 1.03. The van der Waals surface area contributed by atoms with E-state index in [4.69, 9.17) is 12.2 Å². The zero-order chi connectivity index (χ0) is 16.9. The van der Waals surface area contributed by atoms with Crippen LogP contribution >= 0.6 is 12.2 Å². The van der Waals surface area contributed by atoms with Crippen LogP contribution in [0, 0.1) is 4.77 Å². The molecule has 8 nitrogen and oxygen atoms in total. The maximum atomic E-state index is 12.6. The average molecular weight is 347 g/mol. The molecule has 1 aliphatic rings. The third-order valence-electron chi connectivity index (χ3n) is 4.11. The minimum Gasteiger partial charge on any atom is -0.352 e. The molecule has 1 saturated heterocycles. The standard InChI is InChI=1S/C15H21N7OS/c1-2-3-12-18-19-15(24)22(12)11-14(23)21-8-6-20(7-9-21)13-10-16-4-5-17-13/h4-5,10H,2-3,6-9,11H2,1H3,(H,19,24). The molecule has 0 aromatic carbocycles. The lowest BCUT2D eigenvalue weighted by Crippen LogP contribution is -2.50. The normalized spacial score (nSPS) is 14.9. The summed E-state index contributed by atoms with van der Waals surface area (Å²) in [5.74, 6) is 1.77. The van der Waals surface area contributed by atoms with Gasteiger partial charge < -0.3 is 9.80 Å². The van der Waals surface area contributed by atoms with Crippen molar-refractivity contribution in [2.75, 3.05) is 31.1 Å². The highest BCUT2D eigenvalue weighted by molar-refractivity contribution is 7.71.